The van der Waals surface area contributed by atoms with Crippen LogP contribution in [-0.2, 0) is 9.47 Å². The van der Waals surface area contributed by atoms with Crippen molar-refractivity contribution >= 4 is 22.3 Å². The van der Waals surface area contributed by atoms with Crippen LogP contribution in [0, 0.1) is 0 Å². The molecule has 3 N–H and O–H groups in total. The van der Waals surface area contributed by atoms with Gasteiger partial charge in [0.2, 0.25) is 0 Å². The number of anilines is 2. The molecule has 2 heterocycles. The fraction of sp³-hybridized carbons (Fsp3) is 0.357. The largest absolute Gasteiger partial charge is 0.397 e. The summed E-state index contributed by atoms with van der Waals surface area (Å²) >= 11 is 0. The summed E-state index contributed by atoms with van der Waals surface area (Å²) < 4.78 is 11.0. The second-order valence-corrected chi connectivity index (χ2v) is 4.55. The van der Waals surface area contributed by atoms with Gasteiger partial charge >= 0.3 is 0 Å². The lowest BCUT2D eigenvalue weighted by Gasteiger charge is -2.24. The van der Waals surface area contributed by atoms with Crippen molar-refractivity contribution < 1.29 is 9.47 Å². The van der Waals surface area contributed by atoms with E-state index in [2.05, 4.69) is 10.3 Å². The van der Waals surface area contributed by atoms with Crippen LogP contribution in [0.2, 0.25) is 0 Å². The molecular formula is C14H17N3O2. The predicted octanol–water partition coefficient (Wildman–Crippen LogP) is 1.64. The highest BCUT2D eigenvalue weighted by Gasteiger charge is 2.14. The minimum absolute atomic E-state index is 0.0812. The summed E-state index contributed by atoms with van der Waals surface area (Å²) in [4.78, 5) is 4.28. The molecular weight excluding hydrogens is 242 g/mol. The standard InChI is InChI=1S/C14H17N3O2/c15-14-11-2-1-5-16-12(11)3-4-13(14)17-8-10-9-18-6-7-19-10/h1-5,10,17H,6-9,15H2. The molecule has 0 radical (unpaired) electrons. The molecule has 1 aromatic carbocycles. The first kappa shape index (κ1) is 12.2. The summed E-state index contributed by atoms with van der Waals surface area (Å²) in [6.07, 6.45) is 1.85. The third kappa shape index (κ3) is 2.62. The molecule has 1 fully saturated rings. The molecule has 5 nitrogen and oxygen atoms in total. The molecule has 3 rings (SSSR count). The van der Waals surface area contributed by atoms with Gasteiger partial charge < -0.3 is 20.5 Å². The Balaban J connectivity index is 1.75. The summed E-state index contributed by atoms with van der Waals surface area (Å²) in [5, 5.41) is 4.28. The summed E-state index contributed by atoms with van der Waals surface area (Å²) in [6, 6.07) is 7.78. The van der Waals surface area contributed by atoms with Crippen LogP contribution in [0.4, 0.5) is 11.4 Å². The van der Waals surface area contributed by atoms with E-state index in [1.165, 1.54) is 0 Å². The minimum atomic E-state index is 0.0812. The van der Waals surface area contributed by atoms with Crippen molar-refractivity contribution in [2.24, 2.45) is 0 Å². The molecule has 0 spiro atoms. The van der Waals surface area contributed by atoms with Crippen LogP contribution >= 0.6 is 0 Å². The maximum absolute atomic E-state index is 6.16. The summed E-state index contributed by atoms with van der Waals surface area (Å²) in [5.74, 6) is 0. The number of nitrogens with two attached hydrogens (primary N) is 1. The first-order chi connectivity index (χ1) is 9.34. The highest BCUT2D eigenvalue weighted by atomic mass is 16.6. The normalized spacial score (nSPS) is 19.5. The van der Waals surface area contributed by atoms with Gasteiger partial charge in [0.1, 0.15) is 0 Å². The number of pyridine rings is 1. The fourth-order valence-corrected chi connectivity index (χ4v) is 2.21. The Bertz CT molecular complexity index is 568. The zero-order valence-electron chi connectivity index (χ0n) is 10.6. The van der Waals surface area contributed by atoms with Gasteiger partial charge in [-0.25, -0.2) is 0 Å². The second kappa shape index (κ2) is 5.42. The van der Waals surface area contributed by atoms with Crippen molar-refractivity contribution in [3.8, 4) is 0 Å². The number of hydrogen-bond acceptors (Lipinski definition) is 5. The number of nitrogen functional groups attached to an aromatic ring is 1. The van der Waals surface area contributed by atoms with Gasteiger partial charge in [-0.1, -0.05) is 0 Å². The number of hydrogen-bond donors (Lipinski definition) is 2. The van der Waals surface area contributed by atoms with Crippen LogP contribution in [0.5, 0.6) is 0 Å². The number of ether oxygens (including phenoxy) is 2. The van der Waals surface area contributed by atoms with Gasteiger partial charge in [-0.05, 0) is 24.3 Å². The Labute approximate surface area is 111 Å². The van der Waals surface area contributed by atoms with E-state index in [1.807, 2.05) is 24.3 Å². The Morgan fingerprint density at radius 2 is 2.26 bits per heavy atom. The third-order valence-electron chi connectivity index (χ3n) is 3.23. The fourth-order valence-electron chi connectivity index (χ4n) is 2.21. The highest BCUT2D eigenvalue weighted by Crippen LogP contribution is 2.27. The first-order valence-corrected chi connectivity index (χ1v) is 6.41. The van der Waals surface area contributed by atoms with E-state index >= 15 is 0 Å². The van der Waals surface area contributed by atoms with Crippen molar-refractivity contribution in [2.75, 3.05) is 37.4 Å². The Morgan fingerprint density at radius 1 is 1.32 bits per heavy atom. The molecule has 0 saturated carbocycles. The molecule has 19 heavy (non-hydrogen) atoms. The van der Waals surface area contributed by atoms with E-state index in [0.29, 0.717) is 26.4 Å². The molecule has 1 saturated heterocycles. The smallest absolute Gasteiger partial charge is 0.0981 e. The SMILES string of the molecule is Nc1c(NCC2COCCO2)ccc2ncccc12. The third-order valence-corrected chi connectivity index (χ3v) is 3.23. The maximum atomic E-state index is 6.16. The first-order valence-electron chi connectivity index (χ1n) is 6.41. The zero-order chi connectivity index (χ0) is 13.1. The molecule has 5 heteroatoms. The van der Waals surface area contributed by atoms with Crippen molar-refractivity contribution in [3.63, 3.8) is 0 Å². The van der Waals surface area contributed by atoms with E-state index in [-0.39, 0.29) is 6.10 Å². The van der Waals surface area contributed by atoms with Crippen LogP contribution in [0.3, 0.4) is 0 Å². The van der Waals surface area contributed by atoms with E-state index in [0.717, 1.165) is 22.3 Å². The zero-order valence-corrected chi connectivity index (χ0v) is 10.6. The van der Waals surface area contributed by atoms with E-state index in [1.54, 1.807) is 6.20 Å². The van der Waals surface area contributed by atoms with Crippen LogP contribution in [0.1, 0.15) is 0 Å². The number of benzene rings is 1. The highest BCUT2D eigenvalue weighted by molar-refractivity contribution is 5.96. The molecule has 0 bridgehead atoms. The Kier molecular flexibility index (Phi) is 3.48. The molecule has 1 aliphatic rings. The van der Waals surface area contributed by atoms with Crippen molar-refractivity contribution in [2.45, 2.75) is 6.10 Å². The maximum Gasteiger partial charge on any atom is 0.0981 e. The summed E-state index contributed by atoms with van der Waals surface area (Å²) in [5.41, 5.74) is 8.70. The van der Waals surface area contributed by atoms with Crippen molar-refractivity contribution in [3.05, 3.63) is 30.5 Å². The number of aromatic nitrogens is 1. The number of nitrogens with one attached hydrogen (secondary N) is 1. The molecule has 1 unspecified atom stereocenters. The second-order valence-electron chi connectivity index (χ2n) is 4.55. The molecule has 0 amide bonds. The van der Waals surface area contributed by atoms with E-state index < -0.39 is 0 Å². The lowest BCUT2D eigenvalue weighted by Crippen LogP contribution is -2.34. The van der Waals surface area contributed by atoms with Crippen LogP contribution < -0.4 is 11.1 Å². The Morgan fingerprint density at radius 3 is 3.11 bits per heavy atom. The molecule has 0 aliphatic carbocycles. The van der Waals surface area contributed by atoms with Crippen LogP contribution in [-0.4, -0.2) is 37.5 Å². The predicted molar refractivity (Wildman–Crippen MR) is 75.2 cm³/mol. The summed E-state index contributed by atoms with van der Waals surface area (Å²) in [6.45, 7) is 2.65. The van der Waals surface area contributed by atoms with Gasteiger partial charge in [0, 0.05) is 18.1 Å². The molecule has 1 atom stereocenters. The van der Waals surface area contributed by atoms with Gasteiger partial charge in [0.05, 0.1) is 42.8 Å². The molecule has 1 aliphatic heterocycles. The minimum Gasteiger partial charge on any atom is -0.397 e. The summed E-state index contributed by atoms with van der Waals surface area (Å²) in [7, 11) is 0. The van der Waals surface area contributed by atoms with Crippen LogP contribution in [0.25, 0.3) is 10.9 Å². The number of fused-ring (bicyclic) bond motifs is 1. The molecule has 2 aromatic rings. The average molecular weight is 259 g/mol. The van der Waals surface area contributed by atoms with Gasteiger partial charge in [-0.15, -0.1) is 0 Å². The van der Waals surface area contributed by atoms with E-state index in [9.17, 15) is 0 Å². The van der Waals surface area contributed by atoms with Crippen LogP contribution in [0.15, 0.2) is 30.5 Å². The molecule has 1 aromatic heterocycles. The van der Waals surface area contributed by atoms with Gasteiger partial charge in [0.15, 0.2) is 0 Å². The monoisotopic (exact) mass is 259 g/mol. The number of nitrogens with zero attached hydrogens (tertiary/aromatic N) is 1. The lowest BCUT2D eigenvalue weighted by atomic mass is 10.1. The van der Waals surface area contributed by atoms with Gasteiger partial charge in [0.25, 0.3) is 0 Å². The Hall–Kier alpha value is -1.85. The average Bonchev–Trinajstić information content (AvgIpc) is 2.48. The number of rotatable bonds is 3. The molecule has 100 valence electrons. The van der Waals surface area contributed by atoms with Crippen molar-refractivity contribution in [1.29, 1.82) is 0 Å². The van der Waals surface area contributed by atoms with E-state index in [4.69, 9.17) is 15.2 Å². The quantitative estimate of drug-likeness (QED) is 0.820. The van der Waals surface area contributed by atoms with Gasteiger partial charge in [-0.3, -0.25) is 4.98 Å². The topological polar surface area (TPSA) is 69.4 Å². The van der Waals surface area contributed by atoms with Gasteiger partial charge in [-0.2, -0.15) is 0 Å². The van der Waals surface area contributed by atoms with Crippen molar-refractivity contribution in [1.82, 2.24) is 4.98 Å². The lowest BCUT2D eigenvalue weighted by molar-refractivity contribution is -0.0818.